The molecular weight excluding hydrogens is 388 g/mol. The van der Waals surface area contributed by atoms with Gasteiger partial charge in [-0.1, -0.05) is 25.5 Å². The van der Waals surface area contributed by atoms with Gasteiger partial charge in [-0.25, -0.2) is 4.79 Å². The highest BCUT2D eigenvalue weighted by Gasteiger charge is 2.48. The van der Waals surface area contributed by atoms with Crippen molar-refractivity contribution in [2.75, 3.05) is 13.1 Å². The zero-order chi connectivity index (χ0) is 21.9. The van der Waals surface area contributed by atoms with E-state index < -0.39 is 18.2 Å². The monoisotopic (exact) mass is 424 g/mol. The number of alkyl carbamates (subject to hydrolysis) is 1. The quantitative estimate of drug-likeness (QED) is 0.309. The summed E-state index contributed by atoms with van der Waals surface area (Å²) in [6.07, 6.45) is 9.46. The van der Waals surface area contributed by atoms with Crippen LogP contribution in [0.3, 0.4) is 0 Å². The molecule has 2 saturated heterocycles. The highest BCUT2D eigenvalue weighted by molar-refractivity contribution is 5.83. The molecule has 2 amide bonds. The first kappa shape index (κ1) is 24.2. The zero-order valence-electron chi connectivity index (χ0n) is 18.1. The minimum atomic E-state index is -0.848. The molecule has 8 nitrogen and oxygen atoms in total. The Bertz CT molecular complexity index is 608. The lowest BCUT2D eigenvalue weighted by atomic mass is 9.77. The minimum absolute atomic E-state index is 0.161. The molecule has 5 atom stereocenters. The Morgan fingerprint density at radius 2 is 1.87 bits per heavy atom. The van der Waals surface area contributed by atoms with E-state index >= 15 is 0 Å². The summed E-state index contributed by atoms with van der Waals surface area (Å²) in [7, 11) is 0. The summed E-state index contributed by atoms with van der Waals surface area (Å²) >= 11 is 0. The van der Waals surface area contributed by atoms with Gasteiger partial charge in [-0.05, 0) is 51.4 Å². The van der Waals surface area contributed by atoms with Crippen LogP contribution in [0.5, 0.6) is 0 Å². The highest BCUT2D eigenvalue weighted by atomic mass is 16.6. The summed E-state index contributed by atoms with van der Waals surface area (Å²) in [4.78, 5) is 34.6. The molecule has 170 valence electrons. The van der Waals surface area contributed by atoms with Crippen LogP contribution in [0.15, 0.2) is 12.2 Å². The molecule has 30 heavy (non-hydrogen) atoms. The van der Waals surface area contributed by atoms with Crippen molar-refractivity contribution in [3.8, 4) is 0 Å². The number of hydrogen-bond donors (Lipinski definition) is 3. The van der Waals surface area contributed by atoms with E-state index in [9.17, 15) is 14.4 Å². The van der Waals surface area contributed by atoms with E-state index in [-0.39, 0.29) is 30.5 Å². The molecule has 0 unspecified atom stereocenters. The summed E-state index contributed by atoms with van der Waals surface area (Å²) < 4.78 is 11.2. The second-order valence-corrected chi connectivity index (χ2v) is 8.18. The number of amides is 2. The standard InChI is InChI=1S/C22H36N2O6/c1-3-4-13-23-22(28)29-15(2)21(27)24-14-17-16(18-11-12-19(17)30-18)9-7-5-6-8-10-20(25)26/h5,7,15-19H,3-4,6,8-14H2,1-2H3,(H,23,28)(H,24,27)(H,25,26)/b7-5-/t15-,16-,17+,18-,19+/m1/s1. The molecule has 2 heterocycles. The Hall–Kier alpha value is -2.09. The fourth-order valence-corrected chi connectivity index (χ4v) is 4.21. The lowest BCUT2D eigenvalue weighted by molar-refractivity contribution is -0.137. The van der Waals surface area contributed by atoms with E-state index in [0.717, 1.165) is 38.5 Å². The van der Waals surface area contributed by atoms with Crippen molar-refractivity contribution in [1.29, 1.82) is 0 Å². The average molecular weight is 425 g/mol. The van der Waals surface area contributed by atoms with Crippen molar-refractivity contribution in [2.24, 2.45) is 11.8 Å². The summed E-state index contributed by atoms with van der Waals surface area (Å²) in [5, 5.41) is 14.2. The van der Waals surface area contributed by atoms with Gasteiger partial charge in [-0.3, -0.25) is 9.59 Å². The van der Waals surface area contributed by atoms with E-state index in [1.54, 1.807) is 6.92 Å². The number of allylic oxidation sites excluding steroid dienone is 2. The lowest BCUT2D eigenvalue weighted by Crippen LogP contribution is -2.43. The SMILES string of the molecule is CCCCNC(=O)O[C@H](C)C(=O)NC[C@H]1[C@@H](C/C=C\CCCC(=O)O)[C@H]2CC[C@@H]1O2. The first-order chi connectivity index (χ1) is 14.4. The second kappa shape index (κ2) is 12.6. The maximum Gasteiger partial charge on any atom is 0.407 e. The Labute approximate surface area is 178 Å². The average Bonchev–Trinajstić information content (AvgIpc) is 3.30. The van der Waals surface area contributed by atoms with Gasteiger partial charge < -0.3 is 25.2 Å². The van der Waals surface area contributed by atoms with Crippen molar-refractivity contribution in [1.82, 2.24) is 10.6 Å². The fourth-order valence-electron chi connectivity index (χ4n) is 4.21. The molecule has 2 aliphatic heterocycles. The van der Waals surface area contributed by atoms with Crippen LogP contribution < -0.4 is 10.6 Å². The van der Waals surface area contributed by atoms with Crippen LogP contribution in [0.25, 0.3) is 0 Å². The molecule has 2 aliphatic rings. The van der Waals surface area contributed by atoms with E-state index in [1.165, 1.54) is 0 Å². The number of ether oxygens (including phenoxy) is 2. The van der Waals surface area contributed by atoms with Crippen molar-refractivity contribution in [3.63, 3.8) is 0 Å². The summed E-state index contributed by atoms with van der Waals surface area (Å²) in [5.41, 5.74) is 0. The highest BCUT2D eigenvalue weighted by Crippen LogP contribution is 2.44. The number of aliphatic carboxylic acids is 1. The maximum absolute atomic E-state index is 12.3. The third kappa shape index (κ3) is 7.63. The lowest BCUT2D eigenvalue weighted by Gasteiger charge is -2.27. The molecule has 0 spiro atoms. The molecule has 0 radical (unpaired) electrons. The van der Waals surface area contributed by atoms with Crippen LogP contribution in [0.4, 0.5) is 4.79 Å². The first-order valence-electron chi connectivity index (χ1n) is 11.2. The van der Waals surface area contributed by atoms with Crippen LogP contribution >= 0.6 is 0 Å². The molecule has 0 aromatic heterocycles. The number of carboxylic acid groups (broad SMARTS) is 1. The van der Waals surface area contributed by atoms with Crippen molar-refractivity contribution in [3.05, 3.63) is 12.2 Å². The van der Waals surface area contributed by atoms with E-state index in [1.807, 2.05) is 13.0 Å². The topological polar surface area (TPSA) is 114 Å². The molecule has 8 heteroatoms. The molecular formula is C22H36N2O6. The number of hydrogen-bond acceptors (Lipinski definition) is 5. The molecule has 2 bridgehead atoms. The number of nitrogens with one attached hydrogen (secondary N) is 2. The van der Waals surface area contributed by atoms with Gasteiger partial charge >= 0.3 is 12.1 Å². The number of carbonyl (C=O) groups excluding carboxylic acids is 2. The number of unbranched alkanes of at least 4 members (excludes halogenated alkanes) is 2. The van der Waals surface area contributed by atoms with Gasteiger partial charge in [0.15, 0.2) is 6.10 Å². The Kier molecular flexibility index (Phi) is 10.1. The van der Waals surface area contributed by atoms with E-state index in [2.05, 4.69) is 16.7 Å². The van der Waals surface area contributed by atoms with Gasteiger partial charge in [0, 0.05) is 25.4 Å². The minimum Gasteiger partial charge on any atom is -0.481 e. The van der Waals surface area contributed by atoms with E-state index in [4.69, 9.17) is 14.6 Å². The maximum atomic E-state index is 12.3. The number of carbonyl (C=O) groups is 3. The van der Waals surface area contributed by atoms with Crippen molar-refractivity contribution >= 4 is 18.0 Å². The third-order valence-electron chi connectivity index (χ3n) is 5.89. The van der Waals surface area contributed by atoms with Crippen molar-refractivity contribution in [2.45, 2.75) is 83.5 Å². The summed E-state index contributed by atoms with van der Waals surface area (Å²) in [5.74, 6) is -0.487. The van der Waals surface area contributed by atoms with Gasteiger partial charge in [0.2, 0.25) is 0 Å². The molecule has 0 aliphatic carbocycles. The normalized spacial score (nSPS) is 25.9. The van der Waals surface area contributed by atoms with Gasteiger partial charge in [0.05, 0.1) is 12.2 Å². The molecule has 0 saturated carbocycles. The zero-order valence-corrected chi connectivity index (χ0v) is 18.1. The third-order valence-corrected chi connectivity index (χ3v) is 5.89. The van der Waals surface area contributed by atoms with Crippen LogP contribution in [0, 0.1) is 11.8 Å². The molecule has 0 aromatic carbocycles. The second-order valence-electron chi connectivity index (χ2n) is 8.18. The summed E-state index contributed by atoms with van der Waals surface area (Å²) in [6, 6.07) is 0. The Morgan fingerprint density at radius 3 is 2.57 bits per heavy atom. The first-order valence-corrected chi connectivity index (χ1v) is 11.2. The predicted octanol–water partition coefficient (Wildman–Crippen LogP) is 3.01. The van der Waals surface area contributed by atoms with Gasteiger partial charge in [-0.2, -0.15) is 0 Å². The largest absolute Gasteiger partial charge is 0.481 e. The van der Waals surface area contributed by atoms with Crippen LogP contribution in [-0.2, 0) is 19.1 Å². The smallest absolute Gasteiger partial charge is 0.407 e. The molecule has 0 aromatic rings. The van der Waals surface area contributed by atoms with E-state index in [0.29, 0.717) is 25.4 Å². The fraction of sp³-hybridized carbons (Fsp3) is 0.773. The van der Waals surface area contributed by atoms with Crippen LogP contribution in [-0.4, -0.2) is 54.5 Å². The summed E-state index contributed by atoms with van der Waals surface area (Å²) in [6.45, 7) is 4.65. The van der Waals surface area contributed by atoms with Gasteiger partial charge in [-0.15, -0.1) is 0 Å². The van der Waals surface area contributed by atoms with Gasteiger partial charge in [0.1, 0.15) is 0 Å². The Morgan fingerprint density at radius 1 is 1.13 bits per heavy atom. The van der Waals surface area contributed by atoms with Crippen LogP contribution in [0.2, 0.25) is 0 Å². The van der Waals surface area contributed by atoms with Gasteiger partial charge in [0.25, 0.3) is 5.91 Å². The number of carboxylic acids is 1. The van der Waals surface area contributed by atoms with Crippen molar-refractivity contribution < 1.29 is 29.0 Å². The molecule has 2 fully saturated rings. The predicted molar refractivity (Wildman–Crippen MR) is 112 cm³/mol. The number of fused-ring (bicyclic) bond motifs is 2. The Balaban J connectivity index is 1.74. The molecule has 2 rings (SSSR count). The number of rotatable bonds is 13. The van der Waals surface area contributed by atoms with Crippen LogP contribution in [0.1, 0.15) is 65.2 Å². The molecule has 3 N–H and O–H groups in total.